The van der Waals surface area contributed by atoms with Gasteiger partial charge in [0.25, 0.3) is 0 Å². The lowest BCUT2D eigenvalue weighted by molar-refractivity contribution is 0.255. The third-order valence-electron chi connectivity index (χ3n) is 4.64. The lowest BCUT2D eigenvalue weighted by atomic mass is 9.80. The molecule has 0 aliphatic carbocycles. The molecule has 6 heteroatoms. The highest BCUT2D eigenvalue weighted by Gasteiger charge is 2.25. The van der Waals surface area contributed by atoms with E-state index in [2.05, 4.69) is 49.1 Å². The number of benzene rings is 1. The Labute approximate surface area is 139 Å². The molecule has 1 aliphatic rings. The summed E-state index contributed by atoms with van der Waals surface area (Å²) in [7, 11) is 14.7. The highest BCUT2D eigenvalue weighted by atomic mass is 32.1. The Bertz CT molecular complexity index is 704. The minimum absolute atomic E-state index is 0.523. The van der Waals surface area contributed by atoms with Crippen molar-refractivity contribution in [2.24, 2.45) is 0 Å². The predicted octanol–water partition coefficient (Wildman–Crippen LogP) is 1.45. The van der Waals surface area contributed by atoms with Gasteiger partial charge in [0.05, 0.1) is 0 Å². The van der Waals surface area contributed by atoms with E-state index in [4.69, 9.17) is 15.7 Å². The van der Waals surface area contributed by atoms with E-state index >= 15 is 0 Å². The molecule has 0 amide bonds. The first-order valence-corrected chi connectivity index (χ1v) is 8.10. The van der Waals surface area contributed by atoms with E-state index in [0.717, 1.165) is 42.5 Å². The van der Waals surface area contributed by atoms with Gasteiger partial charge in [-0.2, -0.15) is 0 Å². The quantitative estimate of drug-likeness (QED) is 0.537. The van der Waals surface area contributed by atoms with Gasteiger partial charge in [-0.25, -0.2) is 0 Å². The van der Waals surface area contributed by atoms with E-state index in [0.29, 0.717) is 26.6 Å². The molecule has 2 heterocycles. The van der Waals surface area contributed by atoms with Crippen molar-refractivity contribution in [3.05, 3.63) is 11.3 Å². The summed E-state index contributed by atoms with van der Waals surface area (Å²) in [6.07, 6.45) is 2.29. The summed E-state index contributed by atoms with van der Waals surface area (Å²) >= 11 is 8.92. The SMILES string of the molecule is [B]c1c(S)c(S)c([B])c2c(C3CCN(C)CC3)c(C)[nH]c12. The van der Waals surface area contributed by atoms with Crippen LogP contribution in [0.1, 0.15) is 30.0 Å². The number of hydrogen-bond acceptors (Lipinski definition) is 3. The normalized spacial score (nSPS) is 17.7. The smallest absolute Gasteiger partial charge is 0.118 e. The lowest BCUT2D eigenvalue weighted by Crippen LogP contribution is -2.29. The monoisotopic (exact) mass is 312 g/mol. The summed E-state index contributed by atoms with van der Waals surface area (Å²) in [5, 5.41) is 1.04. The Morgan fingerprint density at radius 1 is 1.10 bits per heavy atom. The van der Waals surface area contributed by atoms with Crippen molar-refractivity contribution < 1.29 is 0 Å². The maximum absolute atomic E-state index is 6.32. The Hall–Kier alpha value is -0.450. The van der Waals surface area contributed by atoms with Gasteiger partial charge in [0.15, 0.2) is 0 Å². The second-order valence-electron chi connectivity index (χ2n) is 6.02. The largest absolute Gasteiger partial charge is 0.359 e. The Kier molecular flexibility index (Phi) is 4.14. The van der Waals surface area contributed by atoms with Gasteiger partial charge in [0.1, 0.15) is 15.7 Å². The molecule has 1 saturated heterocycles. The van der Waals surface area contributed by atoms with E-state index < -0.39 is 0 Å². The van der Waals surface area contributed by atoms with E-state index in [-0.39, 0.29) is 0 Å². The number of nitrogens with one attached hydrogen (secondary N) is 1. The van der Waals surface area contributed by atoms with Crippen LogP contribution in [-0.2, 0) is 0 Å². The molecule has 0 saturated carbocycles. The Morgan fingerprint density at radius 2 is 1.67 bits per heavy atom. The van der Waals surface area contributed by atoms with Gasteiger partial charge in [-0.05, 0) is 56.8 Å². The number of aromatic amines is 1. The number of aryl methyl sites for hydroxylation is 1. The average Bonchev–Trinajstić information content (AvgIpc) is 2.81. The fourth-order valence-corrected chi connectivity index (χ4v) is 3.89. The second kappa shape index (κ2) is 5.64. The number of piperidine rings is 1. The van der Waals surface area contributed by atoms with Crippen molar-refractivity contribution in [1.29, 1.82) is 0 Å². The maximum Gasteiger partial charge on any atom is 0.118 e. The maximum atomic E-state index is 6.32. The molecular formula is C15H18B2N2S2. The first-order valence-electron chi connectivity index (χ1n) is 7.21. The van der Waals surface area contributed by atoms with E-state index in [9.17, 15) is 0 Å². The zero-order chi connectivity index (χ0) is 15.3. The fourth-order valence-electron chi connectivity index (χ4n) is 3.42. The molecule has 4 radical (unpaired) electrons. The summed E-state index contributed by atoms with van der Waals surface area (Å²) in [4.78, 5) is 7.11. The molecule has 106 valence electrons. The molecule has 1 fully saturated rings. The molecule has 3 rings (SSSR count). The summed E-state index contributed by atoms with van der Waals surface area (Å²) in [5.74, 6) is 0.523. The Balaban J connectivity index is 2.21. The van der Waals surface area contributed by atoms with Crippen molar-refractivity contribution in [3.8, 4) is 0 Å². The third-order valence-corrected chi connectivity index (χ3v) is 5.74. The van der Waals surface area contributed by atoms with Crippen LogP contribution >= 0.6 is 25.3 Å². The van der Waals surface area contributed by atoms with Crippen molar-refractivity contribution in [3.63, 3.8) is 0 Å². The number of aromatic nitrogens is 1. The van der Waals surface area contributed by atoms with Gasteiger partial charge in [-0.1, -0.05) is 10.9 Å². The van der Waals surface area contributed by atoms with Crippen LogP contribution in [0.4, 0.5) is 0 Å². The fraction of sp³-hybridized carbons (Fsp3) is 0.467. The first kappa shape index (κ1) is 15.4. The second-order valence-corrected chi connectivity index (χ2v) is 6.91. The molecule has 0 atom stereocenters. The van der Waals surface area contributed by atoms with Crippen LogP contribution in [-0.4, -0.2) is 45.7 Å². The van der Waals surface area contributed by atoms with Gasteiger partial charge >= 0.3 is 0 Å². The molecule has 0 bridgehead atoms. The topological polar surface area (TPSA) is 19.0 Å². The molecule has 2 nitrogen and oxygen atoms in total. The van der Waals surface area contributed by atoms with Crippen LogP contribution in [0.25, 0.3) is 10.9 Å². The standard InChI is InChI=1S/C15H18B2N2S2/c1-7-9(8-3-5-19(2)6-4-8)10-11(16)14(20)15(21)12(17)13(10)18-7/h8,18,20-21H,3-6H2,1-2H3. The van der Waals surface area contributed by atoms with Crippen LogP contribution in [0.2, 0.25) is 0 Å². The lowest BCUT2D eigenvalue weighted by Gasteiger charge is -2.29. The van der Waals surface area contributed by atoms with Gasteiger partial charge in [0, 0.05) is 21.0 Å². The van der Waals surface area contributed by atoms with E-state index in [1.807, 2.05) is 0 Å². The molecular weight excluding hydrogens is 294 g/mol. The van der Waals surface area contributed by atoms with Gasteiger partial charge < -0.3 is 9.88 Å². The van der Waals surface area contributed by atoms with Crippen molar-refractivity contribution in [1.82, 2.24) is 9.88 Å². The predicted molar refractivity (Wildman–Crippen MR) is 97.8 cm³/mol. The minimum Gasteiger partial charge on any atom is -0.359 e. The molecule has 1 aromatic carbocycles. The van der Waals surface area contributed by atoms with Crippen molar-refractivity contribution in [2.45, 2.75) is 35.5 Å². The van der Waals surface area contributed by atoms with Crippen molar-refractivity contribution in [2.75, 3.05) is 20.1 Å². The minimum atomic E-state index is 0.523. The zero-order valence-corrected chi connectivity index (χ0v) is 14.2. The molecule has 0 unspecified atom stereocenters. The van der Waals surface area contributed by atoms with Gasteiger partial charge in [-0.15, -0.1) is 25.3 Å². The number of H-pyrrole nitrogens is 1. The molecule has 1 aromatic heterocycles. The van der Waals surface area contributed by atoms with Crippen LogP contribution in [0.5, 0.6) is 0 Å². The summed E-state index contributed by atoms with van der Waals surface area (Å²) in [6, 6.07) is 0. The van der Waals surface area contributed by atoms with Gasteiger partial charge in [0.2, 0.25) is 0 Å². The number of likely N-dealkylation sites (tertiary alicyclic amines) is 1. The zero-order valence-electron chi connectivity index (χ0n) is 12.4. The average molecular weight is 312 g/mol. The molecule has 0 spiro atoms. The van der Waals surface area contributed by atoms with Crippen LogP contribution in [0, 0.1) is 6.92 Å². The molecule has 2 aromatic rings. The number of nitrogens with zero attached hydrogens (tertiary/aromatic N) is 1. The number of fused-ring (bicyclic) bond motifs is 1. The van der Waals surface area contributed by atoms with Crippen LogP contribution in [0.15, 0.2) is 9.79 Å². The summed E-state index contributed by atoms with van der Waals surface area (Å²) < 4.78 is 0. The van der Waals surface area contributed by atoms with E-state index in [1.165, 1.54) is 5.56 Å². The molecule has 21 heavy (non-hydrogen) atoms. The molecule has 1 N–H and O–H groups in total. The summed E-state index contributed by atoms with van der Waals surface area (Å²) in [5.41, 5.74) is 4.69. The highest BCUT2D eigenvalue weighted by molar-refractivity contribution is 7.84. The van der Waals surface area contributed by atoms with Crippen molar-refractivity contribution >= 4 is 62.8 Å². The van der Waals surface area contributed by atoms with Crippen LogP contribution < -0.4 is 10.9 Å². The first-order chi connectivity index (χ1) is 9.91. The third kappa shape index (κ3) is 2.45. The Morgan fingerprint density at radius 3 is 2.29 bits per heavy atom. The van der Waals surface area contributed by atoms with Crippen LogP contribution in [0.3, 0.4) is 0 Å². The highest BCUT2D eigenvalue weighted by Crippen LogP contribution is 2.35. The number of hydrogen-bond donors (Lipinski definition) is 3. The number of thiol groups is 2. The van der Waals surface area contributed by atoms with Gasteiger partial charge in [-0.3, -0.25) is 0 Å². The summed E-state index contributed by atoms with van der Waals surface area (Å²) in [6.45, 7) is 4.33. The van der Waals surface area contributed by atoms with E-state index in [1.54, 1.807) is 0 Å². The number of rotatable bonds is 1. The molecule has 1 aliphatic heterocycles.